The van der Waals surface area contributed by atoms with E-state index in [9.17, 15) is 4.79 Å². The molecule has 1 heterocycles. The number of ether oxygens (including phenoxy) is 1. The highest BCUT2D eigenvalue weighted by Gasteiger charge is 2.15. The smallest absolute Gasteiger partial charge is 0.325 e. The number of nitrogens with zero attached hydrogens (tertiary/aromatic N) is 2. The number of pyridine rings is 1. The number of hydrogen-bond acceptors (Lipinski definition) is 4. The fourth-order valence-corrected chi connectivity index (χ4v) is 2.63. The molecule has 1 aromatic heterocycles. The first-order valence-electron chi connectivity index (χ1n) is 5.21. The number of carbonyl (C=O) groups is 1. The van der Waals surface area contributed by atoms with E-state index in [-0.39, 0.29) is 12.5 Å². The lowest BCUT2D eigenvalue weighted by Gasteiger charge is -2.22. The second-order valence-electron chi connectivity index (χ2n) is 3.46. The topological polar surface area (TPSA) is 42.4 Å². The molecule has 0 spiro atoms. The Bertz CT molecular complexity index is 399. The first kappa shape index (κ1) is 14.4. The van der Waals surface area contributed by atoms with Crippen molar-refractivity contribution in [1.82, 2.24) is 4.98 Å². The van der Waals surface area contributed by atoms with Gasteiger partial charge in [0.2, 0.25) is 0 Å². The van der Waals surface area contributed by atoms with Crippen LogP contribution in [0.4, 0.5) is 5.82 Å². The molecule has 94 valence electrons. The molecule has 0 unspecified atom stereocenters. The van der Waals surface area contributed by atoms with Gasteiger partial charge in [-0.3, -0.25) is 4.79 Å². The molecule has 4 nitrogen and oxygen atoms in total. The van der Waals surface area contributed by atoms with E-state index in [0.29, 0.717) is 0 Å². The lowest BCUT2D eigenvalue weighted by Crippen LogP contribution is -2.32. The van der Waals surface area contributed by atoms with Crippen LogP contribution in [-0.2, 0) is 9.53 Å². The van der Waals surface area contributed by atoms with Crippen molar-refractivity contribution in [1.29, 1.82) is 0 Å². The van der Waals surface area contributed by atoms with Crippen molar-refractivity contribution in [2.75, 3.05) is 25.1 Å². The molecule has 1 aromatic rings. The van der Waals surface area contributed by atoms with E-state index in [1.165, 1.54) is 7.11 Å². The zero-order chi connectivity index (χ0) is 12.8. The molecule has 0 aromatic carbocycles. The van der Waals surface area contributed by atoms with Crippen molar-refractivity contribution >= 4 is 43.6 Å². The van der Waals surface area contributed by atoms with E-state index in [1.54, 1.807) is 6.20 Å². The number of carbonyl (C=O) groups excluding carboxylic acids is 1. The molecule has 0 atom stereocenters. The largest absolute Gasteiger partial charge is 0.468 e. The Morgan fingerprint density at radius 2 is 2.24 bits per heavy atom. The predicted molar refractivity (Wildman–Crippen MR) is 74.2 cm³/mol. The van der Waals surface area contributed by atoms with Crippen LogP contribution in [0.2, 0.25) is 0 Å². The average molecular weight is 366 g/mol. The van der Waals surface area contributed by atoms with Crippen LogP contribution in [0.3, 0.4) is 0 Å². The quantitative estimate of drug-likeness (QED) is 0.752. The Morgan fingerprint density at radius 3 is 2.76 bits per heavy atom. The number of aromatic nitrogens is 1. The highest BCUT2D eigenvalue weighted by atomic mass is 79.9. The van der Waals surface area contributed by atoms with Crippen molar-refractivity contribution in [3.63, 3.8) is 0 Å². The van der Waals surface area contributed by atoms with Crippen molar-refractivity contribution in [3.8, 4) is 0 Å². The second kappa shape index (κ2) is 6.96. The zero-order valence-corrected chi connectivity index (χ0v) is 12.9. The average Bonchev–Trinajstić information content (AvgIpc) is 2.28. The van der Waals surface area contributed by atoms with E-state index < -0.39 is 0 Å². The Kier molecular flexibility index (Phi) is 5.91. The molecule has 1 rings (SSSR count). The summed E-state index contributed by atoms with van der Waals surface area (Å²) in [6, 6.07) is 1.91. The zero-order valence-electron chi connectivity index (χ0n) is 9.74. The van der Waals surface area contributed by atoms with Gasteiger partial charge in [-0.05, 0) is 44.3 Å². The maximum Gasteiger partial charge on any atom is 0.325 e. The molecule has 6 heteroatoms. The molecule has 0 aliphatic heterocycles. The van der Waals surface area contributed by atoms with Crippen molar-refractivity contribution in [3.05, 3.63) is 21.2 Å². The Hall–Kier alpha value is -0.620. The van der Waals surface area contributed by atoms with Gasteiger partial charge in [-0.1, -0.05) is 6.92 Å². The van der Waals surface area contributed by atoms with Crippen molar-refractivity contribution in [2.24, 2.45) is 0 Å². The van der Waals surface area contributed by atoms with Crippen LogP contribution >= 0.6 is 31.9 Å². The van der Waals surface area contributed by atoms with Crippen LogP contribution in [0.5, 0.6) is 0 Å². The SMILES string of the molecule is CCCN(CC(=O)OC)c1ncc(Br)cc1Br. The molecule has 17 heavy (non-hydrogen) atoms. The molecule has 0 radical (unpaired) electrons. The number of methoxy groups -OCH3 is 1. The second-order valence-corrected chi connectivity index (χ2v) is 5.23. The maximum absolute atomic E-state index is 11.3. The van der Waals surface area contributed by atoms with Gasteiger partial charge in [0.05, 0.1) is 11.6 Å². The molecule has 0 fully saturated rings. The van der Waals surface area contributed by atoms with Crippen LogP contribution < -0.4 is 4.90 Å². The number of hydrogen-bond donors (Lipinski definition) is 0. The molecule has 0 bridgehead atoms. The third kappa shape index (κ3) is 4.27. The molecule has 0 amide bonds. The lowest BCUT2D eigenvalue weighted by atomic mass is 10.3. The minimum atomic E-state index is -0.268. The number of anilines is 1. The minimum Gasteiger partial charge on any atom is -0.468 e. The summed E-state index contributed by atoms with van der Waals surface area (Å²) in [5.74, 6) is 0.482. The summed E-state index contributed by atoms with van der Waals surface area (Å²) in [5.41, 5.74) is 0. The summed E-state index contributed by atoms with van der Waals surface area (Å²) >= 11 is 6.79. The van der Waals surface area contributed by atoms with Gasteiger partial charge in [-0.25, -0.2) is 4.98 Å². The fourth-order valence-electron chi connectivity index (χ4n) is 1.39. The van der Waals surface area contributed by atoms with Crippen molar-refractivity contribution in [2.45, 2.75) is 13.3 Å². The van der Waals surface area contributed by atoms with Crippen LogP contribution in [0, 0.1) is 0 Å². The number of rotatable bonds is 5. The lowest BCUT2D eigenvalue weighted by molar-refractivity contribution is -0.138. The highest BCUT2D eigenvalue weighted by Crippen LogP contribution is 2.26. The molecular weight excluding hydrogens is 352 g/mol. The third-order valence-corrected chi connectivity index (χ3v) is 3.15. The molecule has 0 aliphatic carbocycles. The van der Waals surface area contributed by atoms with E-state index in [0.717, 1.165) is 27.7 Å². The Balaban J connectivity index is 2.92. The van der Waals surface area contributed by atoms with E-state index in [2.05, 4.69) is 48.5 Å². The van der Waals surface area contributed by atoms with Gasteiger partial charge in [-0.2, -0.15) is 0 Å². The summed E-state index contributed by atoms with van der Waals surface area (Å²) in [7, 11) is 1.39. The van der Waals surface area contributed by atoms with Gasteiger partial charge in [0.25, 0.3) is 0 Å². The van der Waals surface area contributed by atoms with Crippen LogP contribution in [0.25, 0.3) is 0 Å². The molecule has 0 N–H and O–H groups in total. The Labute approximate surface area is 118 Å². The van der Waals surface area contributed by atoms with Crippen molar-refractivity contribution < 1.29 is 9.53 Å². The summed E-state index contributed by atoms with van der Waals surface area (Å²) in [6.45, 7) is 3.01. The highest BCUT2D eigenvalue weighted by molar-refractivity contribution is 9.11. The summed E-state index contributed by atoms with van der Waals surface area (Å²) in [4.78, 5) is 17.5. The maximum atomic E-state index is 11.3. The summed E-state index contributed by atoms with van der Waals surface area (Å²) < 4.78 is 6.42. The summed E-state index contributed by atoms with van der Waals surface area (Å²) in [5, 5.41) is 0. The minimum absolute atomic E-state index is 0.206. The van der Waals surface area contributed by atoms with Gasteiger partial charge >= 0.3 is 5.97 Å². The monoisotopic (exact) mass is 364 g/mol. The number of esters is 1. The van der Waals surface area contributed by atoms with Crippen LogP contribution in [0.15, 0.2) is 21.2 Å². The predicted octanol–water partition coefficient (Wildman–Crippen LogP) is 3.00. The van der Waals surface area contributed by atoms with Gasteiger partial charge in [0.1, 0.15) is 12.4 Å². The standard InChI is InChI=1S/C11H14Br2N2O2/c1-3-4-15(7-10(16)17-2)11-9(13)5-8(12)6-14-11/h5-6H,3-4,7H2,1-2H3. The third-order valence-electron chi connectivity index (χ3n) is 2.13. The summed E-state index contributed by atoms with van der Waals surface area (Å²) in [6.07, 6.45) is 2.64. The van der Waals surface area contributed by atoms with E-state index in [1.807, 2.05) is 11.0 Å². The molecular formula is C11H14Br2N2O2. The van der Waals surface area contributed by atoms with Crippen LogP contribution in [0.1, 0.15) is 13.3 Å². The van der Waals surface area contributed by atoms with Gasteiger partial charge in [-0.15, -0.1) is 0 Å². The van der Waals surface area contributed by atoms with Gasteiger partial charge in [0, 0.05) is 17.2 Å². The first-order chi connectivity index (χ1) is 8.08. The molecule has 0 aliphatic rings. The van der Waals surface area contributed by atoms with E-state index >= 15 is 0 Å². The van der Waals surface area contributed by atoms with Gasteiger partial charge in [0.15, 0.2) is 0 Å². The number of halogens is 2. The molecule has 0 saturated heterocycles. The first-order valence-corrected chi connectivity index (χ1v) is 6.80. The van der Waals surface area contributed by atoms with Crippen LogP contribution in [-0.4, -0.2) is 31.2 Å². The van der Waals surface area contributed by atoms with Gasteiger partial charge < -0.3 is 9.64 Å². The Morgan fingerprint density at radius 1 is 1.53 bits per heavy atom. The normalized spacial score (nSPS) is 10.1. The molecule has 0 saturated carbocycles. The van der Waals surface area contributed by atoms with E-state index in [4.69, 9.17) is 0 Å². The fraction of sp³-hybridized carbons (Fsp3) is 0.455.